The standard InChI is InChI=1S/C22H21N3O2S2/c1-14-9-8-12-19(13-14)25-22(29-21(23-25)17(4)27)24(18-10-6-5-7-11-18)15(2)20(28-22)16(3)26/h5-13H,1-4H3/t22-/m0/s1. The molecular formula is C22H21N3O2S2. The number of nitrogens with zero attached hydrogens (tertiary/aromatic N) is 3. The molecule has 1 atom stereocenters. The van der Waals surface area contributed by atoms with Crippen molar-refractivity contribution >= 4 is 51.5 Å². The van der Waals surface area contributed by atoms with E-state index in [0.29, 0.717) is 9.95 Å². The first kappa shape index (κ1) is 19.8. The van der Waals surface area contributed by atoms with Crippen LogP contribution in [-0.4, -0.2) is 20.9 Å². The lowest BCUT2D eigenvalue weighted by Gasteiger charge is -2.41. The predicted molar refractivity (Wildman–Crippen MR) is 122 cm³/mol. The quantitative estimate of drug-likeness (QED) is 0.679. The van der Waals surface area contributed by atoms with Crippen molar-refractivity contribution in [2.75, 3.05) is 9.91 Å². The minimum Gasteiger partial charge on any atom is -0.301 e. The van der Waals surface area contributed by atoms with Gasteiger partial charge in [-0.25, -0.2) is 5.01 Å². The van der Waals surface area contributed by atoms with Crippen LogP contribution in [0.3, 0.4) is 0 Å². The summed E-state index contributed by atoms with van der Waals surface area (Å²) < 4.78 is -0.818. The van der Waals surface area contributed by atoms with Crippen LogP contribution in [0.2, 0.25) is 0 Å². The number of hydrogen-bond donors (Lipinski definition) is 0. The average Bonchev–Trinajstić information content (AvgIpc) is 3.21. The topological polar surface area (TPSA) is 53.0 Å². The van der Waals surface area contributed by atoms with E-state index in [0.717, 1.165) is 22.6 Å². The van der Waals surface area contributed by atoms with E-state index < -0.39 is 4.33 Å². The number of carbonyl (C=O) groups is 2. The Hall–Kier alpha value is -2.51. The van der Waals surface area contributed by atoms with E-state index in [4.69, 9.17) is 5.10 Å². The lowest BCUT2D eigenvalue weighted by atomic mass is 10.2. The van der Waals surface area contributed by atoms with Gasteiger partial charge in [0.05, 0.1) is 10.6 Å². The van der Waals surface area contributed by atoms with E-state index >= 15 is 0 Å². The zero-order chi connectivity index (χ0) is 20.8. The SMILES string of the molecule is CC(=O)C1=NN(c2cccc(C)c2)[C@]2(S1)SC(C(C)=O)=C(C)N2c1ccccc1. The van der Waals surface area contributed by atoms with E-state index in [1.807, 2.05) is 73.5 Å². The molecule has 2 aliphatic heterocycles. The minimum absolute atomic E-state index is 0.00590. The fourth-order valence-corrected chi connectivity index (χ4v) is 6.45. The van der Waals surface area contributed by atoms with Crippen molar-refractivity contribution in [3.63, 3.8) is 0 Å². The van der Waals surface area contributed by atoms with Gasteiger partial charge in [0.15, 0.2) is 16.6 Å². The number of thioether (sulfide) groups is 2. The van der Waals surface area contributed by atoms with Gasteiger partial charge in [-0.05, 0) is 62.4 Å². The predicted octanol–water partition coefficient (Wildman–Crippen LogP) is 5.14. The summed E-state index contributed by atoms with van der Waals surface area (Å²) in [4.78, 5) is 27.5. The van der Waals surface area contributed by atoms with Crippen molar-refractivity contribution in [1.82, 2.24) is 0 Å². The summed E-state index contributed by atoms with van der Waals surface area (Å²) in [5.41, 5.74) is 3.78. The number of anilines is 2. The third-order valence-electron chi connectivity index (χ3n) is 4.75. The molecule has 1 spiro atoms. The van der Waals surface area contributed by atoms with E-state index in [2.05, 4.69) is 4.90 Å². The highest BCUT2D eigenvalue weighted by Gasteiger charge is 2.57. The molecule has 0 radical (unpaired) electrons. The molecule has 7 heteroatoms. The lowest BCUT2D eigenvalue weighted by Crippen LogP contribution is -2.49. The molecule has 2 aromatic carbocycles. The largest absolute Gasteiger partial charge is 0.301 e. The molecule has 148 valence electrons. The van der Waals surface area contributed by atoms with Crippen molar-refractivity contribution < 1.29 is 9.59 Å². The molecule has 0 N–H and O–H groups in total. The maximum Gasteiger partial charge on any atom is 0.245 e. The van der Waals surface area contributed by atoms with Gasteiger partial charge >= 0.3 is 0 Å². The third kappa shape index (κ3) is 3.28. The molecule has 5 nitrogen and oxygen atoms in total. The molecule has 0 amide bonds. The molecule has 0 aliphatic carbocycles. The second-order valence-corrected chi connectivity index (χ2v) is 9.61. The van der Waals surface area contributed by atoms with Gasteiger partial charge in [-0.1, -0.05) is 42.1 Å². The highest BCUT2D eigenvalue weighted by molar-refractivity contribution is 8.29. The Morgan fingerprint density at radius 3 is 2.21 bits per heavy atom. The molecule has 0 bridgehead atoms. The Morgan fingerprint density at radius 1 is 0.897 bits per heavy atom. The maximum absolute atomic E-state index is 12.4. The van der Waals surface area contributed by atoms with Crippen LogP contribution in [0, 0.1) is 6.92 Å². The molecule has 0 saturated carbocycles. The van der Waals surface area contributed by atoms with Crippen LogP contribution in [0.4, 0.5) is 11.4 Å². The number of hydrazone groups is 1. The summed E-state index contributed by atoms with van der Waals surface area (Å²) in [6, 6.07) is 17.9. The molecule has 4 rings (SSSR count). The van der Waals surface area contributed by atoms with Crippen molar-refractivity contribution in [3.8, 4) is 0 Å². The van der Waals surface area contributed by atoms with Gasteiger partial charge in [0.1, 0.15) is 0 Å². The second kappa shape index (κ2) is 7.39. The number of para-hydroxylation sites is 1. The van der Waals surface area contributed by atoms with Crippen LogP contribution < -0.4 is 9.91 Å². The maximum atomic E-state index is 12.4. The van der Waals surface area contributed by atoms with Crippen molar-refractivity contribution in [1.29, 1.82) is 0 Å². The Kier molecular flexibility index (Phi) is 5.04. The Balaban J connectivity index is 1.93. The Bertz CT molecular complexity index is 1060. The number of rotatable bonds is 4. The third-order valence-corrected chi connectivity index (χ3v) is 7.84. The van der Waals surface area contributed by atoms with Crippen LogP contribution >= 0.6 is 23.5 Å². The zero-order valence-electron chi connectivity index (χ0n) is 16.7. The molecule has 0 fully saturated rings. The average molecular weight is 424 g/mol. The highest BCUT2D eigenvalue weighted by atomic mass is 32.2. The Labute approximate surface area is 178 Å². The number of ketones is 2. The van der Waals surface area contributed by atoms with Crippen LogP contribution in [0.5, 0.6) is 0 Å². The summed E-state index contributed by atoms with van der Waals surface area (Å²) >= 11 is 2.83. The monoisotopic (exact) mass is 423 g/mol. The molecule has 0 unspecified atom stereocenters. The highest BCUT2D eigenvalue weighted by Crippen LogP contribution is 2.60. The molecule has 0 saturated heterocycles. The summed E-state index contributed by atoms with van der Waals surface area (Å²) in [7, 11) is 0. The van der Waals surface area contributed by atoms with Crippen molar-refractivity contribution in [3.05, 3.63) is 70.8 Å². The number of allylic oxidation sites excluding steroid dienone is 2. The molecule has 2 heterocycles. The number of hydrogen-bond acceptors (Lipinski definition) is 7. The smallest absolute Gasteiger partial charge is 0.245 e. The van der Waals surface area contributed by atoms with Gasteiger partial charge in [-0.15, -0.1) is 0 Å². The van der Waals surface area contributed by atoms with Gasteiger partial charge < -0.3 is 4.90 Å². The number of aryl methyl sites for hydroxylation is 1. The fraction of sp³-hybridized carbons (Fsp3) is 0.227. The van der Waals surface area contributed by atoms with Crippen LogP contribution in [0.1, 0.15) is 26.3 Å². The number of Topliss-reactive ketones (excluding diaryl/α,β-unsaturated/α-hetero) is 2. The lowest BCUT2D eigenvalue weighted by molar-refractivity contribution is -0.113. The van der Waals surface area contributed by atoms with Crippen LogP contribution in [0.25, 0.3) is 0 Å². The van der Waals surface area contributed by atoms with E-state index in [-0.39, 0.29) is 11.6 Å². The van der Waals surface area contributed by atoms with Gasteiger partial charge in [0.2, 0.25) is 4.33 Å². The first-order valence-electron chi connectivity index (χ1n) is 9.25. The molecule has 29 heavy (non-hydrogen) atoms. The number of carbonyl (C=O) groups excluding carboxylic acids is 2. The molecule has 2 aliphatic rings. The van der Waals surface area contributed by atoms with Gasteiger partial charge in [-0.2, -0.15) is 5.10 Å². The zero-order valence-corrected chi connectivity index (χ0v) is 18.3. The molecular weight excluding hydrogens is 402 g/mol. The van der Waals surface area contributed by atoms with E-state index in [1.165, 1.54) is 30.4 Å². The normalized spacial score (nSPS) is 21.2. The first-order valence-corrected chi connectivity index (χ1v) is 10.9. The van der Waals surface area contributed by atoms with Gasteiger partial charge in [0.25, 0.3) is 0 Å². The number of benzene rings is 2. The molecule has 2 aromatic rings. The van der Waals surface area contributed by atoms with Crippen molar-refractivity contribution in [2.45, 2.75) is 32.0 Å². The molecule has 0 aromatic heterocycles. The Morgan fingerprint density at radius 2 is 1.59 bits per heavy atom. The van der Waals surface area contributed by atoms with Crippen LogP contribution in [0.15, 0.2) is 70.3 Å². The van der Waals surface area contributed by atoms with E-state index in [9.17, 15) is 9.59 Å². The second-order valence-electron chi connectivity index (χ2n) is 7.01. The summed E-state index contributed by atoms with van der Waals surface area (Å²) in [5, 5.41) is 7.00. The fourth-order valence-electron chi connectivity index (χ4n) is 3.50. The summed E-state index contributed by atoms with van der Waals surface area (Å²) in [5.74, 6) is -0.0848. The van der Waals surface area contributed by atoms with Gasteiger partial charge in [-0.3, -0.25) is 9.59 Å². The van der Waals surface area contributed by atoms with E-state index in [1.54, 1.807) is 6.92 Å². The van der Waals surface area contributed by atoms with Gasteiger partial charge in [0, 0.05) is 18.3 Å². The van der Waals surface area contributed by atoms with Crippen LogP contribution in [-0.2, 0) is 9.59 Å². The summed E-state index contributed by atoms with van der Waals surface area (Å²) in [6.07, 6.45) is 0. The minimum atomic E-state index is -0.818. The first-order chi connectivity index (χ1) is 13.8. The summed E-state index contributed by atoms with van der Waals surface area (Å²) in [6.45, 7) is 7.08. The van der Waals surface area contributed by atoms with Crippen molar-refractivity contribution in [2.24, 2.45) is 5.10 Å².